The predicted octanol–water partition coefficient (Wildman–Crippen LogP) is 5.00. The minimum Gasteiger partial charge on any atom is -0.462 e. The van der Waals surface area contributed by atoms with E-state index in [4.69, 9.17) is 27.9 Å². The largest absolute Gasteiger partial charge is 0.462 e. The van der Waals surface area contributed by atoms with Crippen LogP contribution in [0.5, 0.6) is 0 Å². The van der Waals surface area contributed by atoms with Crippen molar-refractivity contribution in [2.24, 2.45) is 0 Å². The van der Waals surface area contributed by atoms with E-state index in [0.29, 0.717) is 5.69 Å². The van der Waals surface area contributed by atoms with Crippen LogP contribution in [0.2, 0.25) is 10.0 Å². The molecule has 10 heteroatoms. The number of esters is 1. The van der Waals surface area contributed by atoms with Crippen LogP contribution in [0.4, 0.5) is 11.4 Å². The molecule has 3 aromatic carbocycles. The topological polar surface area (TPSA) is 92.8 Å². The second-order valence-electron chi connectivity index (χ2n) is 6.77. The zero-order valence-electron chi connectivity index (χ0n) is 17.5. The molecule has 172 valence electrons. The highest BCUT2D eigenvalue weighted by atomic mass is 35.5. The monoisotopic (exact) mass is 506 g/mol. The fourth-order valence-corrected chi connectivity index (χ4v) is 4.67. The Morgan fingerprint density at radius 3 is 2.33 bits per heavy atom. The molecule has 1 amide bonds. The molecule has 0 unspecified atom stereocenters. The Balaban J connectivity index is 1.91. The lowest BCUT2D eigenvalue weighted by Gasteiger charge is -2.24. The number of carbonyl (C=O) groups excluding carboxylic acids is 2. The van der Waals surface area contributed by atoms with Gasteiger partial charge in [0.15, 0.2) is 0 Å². The summed E-state index contributed by atoms with van der Waals surface area (Å²) < 4.78 is 32.6. The first-order chi connectivity index (χ1) is 15.7. The molecular weight excluding hydrogens is 487 g/mol. The molecule has 0 spiro atoms. The summed E-state index contributed by atoms with van der Waals surface area (Å²) in [5.41, 5.74) is 0.744. The molecule has 0 aliphatic heterocycles. The smallest absolute Gasteiger partial charge is 0.338 e. The summed E-state index contributed by atoms with van der Waals surface area (Å²) in [7, 11) is -4.10. The molecule has 0 saturated carbocycles. The van der Waals surface area contributed by atoms with Crippen LogP contribution in [0.25, 0.3) is 0 Å². The maximum atomic E-state index is 13.3. The van der Waals surface area contributed by atoms with Gasteiger partial charge < -0.3 is 10.1 Å². The highest BCUT2D eigenvalue weighted by Crippen LogP contribution is 2.30. The number of hydrogen-bond acceptors (Lipinski definition) is 5. The zero-order chi connectivity index (χ0) is 24.0. The van der Waals surface area contributed by atoms with Crippen LogP contribution in [0.1, 0.15) is 17.3 Å². The van der Waals surface area contributed by atoms with E-state index in [9.17, 15) is 18.0 Å². The number of rotatable bonds is 8. The molecule has 0 atom stereocenters. The van der Waals surface area contributed by atoms with Crippen LogP contribution in [-0.2, 0) is 19.6 Å². The van der Waals surface area contributed by atoms with E-state index in [2.05, 4.69) is 5.32 Å². The standard InChI is InChI=1S/C23H20Cl2N2O5S/c1-2-32-23(29)16-7-6-8-17(13-16)26-22(28)15-27(18-11-12-20(24)21(25)14-18)33(30,31)19-9-4-3-5-10-19/h3-14H,2,15H2,1H3,(H,26,28). The van der Waals surface area contributed by atoms with Crippen LogP contribution < -0.4 is 9.62 Å². The van der Waals surface area contributed by atoms with Crippen LogP contribution in [0, 0.1) is 0 Å². The fraction of sp³-hybridized carbons (Fsp3) is 0.130. The van der Waals surface area contributed by atoms with Gasteiger partial charge >= 0.3 is 5.97 Å². The molecule has 0 fully saturated rings. The third-order valence-corrected chi connectivity index (χ3v) is 6.99. The molecule has 33 heavy (non-hydrogen) atoms. The van der Waals surface area contributed by atoms with E-state index in [0.717, 1.165) is 4.31 Å². The number of nitrogens with one attached hydrogen (secondary N) is 1. The highest BCUT2D eigenvalue weighted by Gasteiger charge is 2.27. The number of benzene rings is 3. The number of hydrogen-bond donors (Lipinski definition) is 1. The predicted molar refractivity (Wildman–Crippen MR) is 128 cm³/mol. The van der Waals surface area contributed by atoms with Gasteiger partial charge in [-0.15, -0.1) is 0 Å². The van der Waals surface area contributed by atoms with E-state index in [1.807, 2.05) is 0 Å². The molecule has 0 aliphatic rings. The highest BCUT2D eigenvalue weighted by molar-refractivity contribution is 7.92. The maximum Gasteiger partial charge on any atom is 0.338 e. The van der Waals surface area contributed by atoms with Crippen molar-refractivity contribution in [1.82, 2.24) is 0 Å². The summed E-state index contributed by atoms with van der Waals surface area (Å²) in [4.78, 5) is 24.8. The SMILES string of the molecule is CCOC(=O)c1cccc(NC(=O)CN(c2ccc(Cl)c(Cl)c2)S(=O)(=O)c2ccccc2)c1. The first-order valence-corrected chi connectivity index (χ1v) is 12.0. The van der Waals surface area contributed by atoms with Gasteiger partial charge in [-0.1, -0.05) is 47.5 Å². The summed E-state index contributed by atoms with van der Waals surface area (Å²) in [6.45, 7) is 1.36. The molecule has 3 aromatic rings. The van der Waals surface area contributed by atoms with E-state index >= 15 is 0 Å². The van der Waals surface area contributed by atoms with Crippen molar-refractivity contribution >= 4 is 56.5 Å². The normalized spacial score (nSPS) is 11.0. The number of halogens is 2. The fourth-order valence-electron chi connectivity index (χ4n) is 2.94. The van der Waals surface area contributed by atoms with Crippen molar-refractivity contribution in [2.45, 2.75) is 11.8 Å². The Morgan fingerprint density at radius 2 is 1.67 bits per heavy atom. The molecule has 1 N–H and O–H groups in total. The van der Waals surface area contributed by atoms with Gasteiger partial charge in [-0.25, -0.2) is 13.2 Å². The number of sulfonamides is 1. The lowest BCUT2D eigenvalue weighted by atomic mass is 10.2. The summed E-state index contributed by atoms with van der Waals surface area (Å²) in [5, 5.41) is 3.01. The minimum atomic E-state index is -4.10. The summed E-state index contributed by atoms with van der Waals surface area (Å²) in [5.74, 6) is -1.15. The molecule has 0 aliphatic carbocycles. The van der Waals surface area contributed by atoms with Gasteiger partial charge in [0.1, 0.15) is 6.54 Å². The van der Waals surface area contributed by atoms with Crippen molar-refractivity contribution in [1.29, 1.82) is 0 Å². The maximum absolute atomic E-state index is 13.3. The van der Waals surface area contributed by atoms with Gasteiger partial charge in [0, 0.05) is 5.69 Å². The molecule has 0 radical (unpaired) electrons. The van der Waals surface area contributed by atoms with Crippen molar-refractivity contribution in [2.75, 3.05) is 22.8 Å². The van der Waals surface area contributed by atoms with E-state index in [1.54, 1.807) is 43.3 Å². The molecule has 0 aromatic heterocycles. The molecule has 7 nitrogen and oxygen atoms in total. The summed E-state index contributed by atoms with van der Waals surface area (Å²) >= 11 is 12.1. The Bertz CT molecular complexity index is 1270. The number of nitrogens with zero attached hydrogens (tertiary/aromatic N) is 1. The van der Waals surface area contributed by atoms with E-state index in [-0.39, 0.29) is 32.8 Å². The molecule has 0 saturated heterocycles. The molecule has 3 rings (SSSR count). The van der Waals surface area contributed by atoms with E-state index in [1.165, 1.54) is 36.4 Å². The zero-order valence-corrected chi connectivity index (χ0v) is 19.8. The average Bonchev–Trinajstić information content (AvgIpc) is 2.80. The second kappa shape index (κ2) is 10.7. The van der Waals surface area contributed by atoms with Gasteiger partial charge in [-0.3, -0.25) is 9.10 Å². The average molecular weight is 507 g/mol. The number of amides is 1. The van der Waals surface area contributed by atoms with Gasteiger partial charge in [0.2, 0.25) is 5.91 Å². The second-order valence-corrected chi connectivity index (χ2v) is 9.45. The van der Waals surface area contributed by atoms with Crippen LogP contribution >= 0.6 is 23.2 Å². The lowest BCUT2D eigenvalue weighted by Crippen LogP contribution is -2.38. The van der Waals surface area contributed by atoms with Gasteiger partial charge in [-0.2, -0.15) is 0 Å². The van der Waals surface area contributed by atoms with Crippen molar-refractivity contribution < 1.29 is 22.7 Å². The van der Waals surface area contributed by atoms with Crippen molar-refractivity contribution in [3.63, 3.8) is 0 Å². The molecule has 0 heterocycles. The van der Waals surface area contributed by atoms with Crippen LogP contribution in [0.3, 0.4) is 0 Å². The Hall–Kier alpha value is -3.07. The Kier molecular flexibility index (Phi) is 7.97. The van der Waals surface area contributed by atoms with Crippen LogP contribution in [0.15, 0.2) is 77.7 Å². The third kappa shape index (κ3) is 6.04. The van der Waals surface area contributed by atoms with Gasteiger partial charge in [0.25, 0.3) is 10.0 Å². The van der Waals surface area contributed by atoms with E-state index < -0.39 is 28.4 Å². The Morgan fingerprint density at radius 1 is 0.939 bits per heavy atom. The number of ether oxygens (including phenoxy) is 1. The van der Waals surface area contributed by atoms with Crippen molar-refractivity contribution in [3.05, 3.63) is 88.4 Å². The summed E-state index contributed by atoms with van der Waals surface area (Å²) in [6.07, 6.45) is 0. The minimum absolute atomic E-state index is 0.00757. The lowest BCUT2D eigenvalue weighted by molar-refractivity contribution is -0.114. The van der Waals surface area contributed by atoms with Gasteiger partial charge in [-0.05, 0) is 55.5 Å². The van der Waals surface area contributed by atoms with Crippen molar-refractivity contribution in [3.8, 4) is 0 Å². The third-order valence-electron chi connectivity index (χ3n) is 4.47. The summed E-state index contributed by atoms with van der Waals surface area (Å²) in [6, 6.07) is 18.2. The first-order valence-electron chi connectivity index (χ1n) is 9.82. The molecular formula is C23H20Cl2N2O5S. The quantitative estimate of drug-likeness (QED) is 0.433. The molecule has 0 bridgehead atoms. The first kappa shape index (κ1) is 24.6. The Labute approximate surface area is 201 Å². The van der Waals surface area contributed by atoms with Gasteiger partial charge in [0.05, 0.1) is 32.8 Å². The van der Waals surface area contributed by atoms with Crippen LogP contribution in [-0.4, -0.2) is 33.4 Å². The number of carbonyl (C=O) groups is 2. The number of anilines is 2.